The third-order valence-corrected chi connectivity index (χ3v) is 4.06. The standard InChI is InChI=1S/C17H28N2/c1-15(2)18-11-8-16-9-12-19(13-10-16)14-17-6-4-3-5-7-17/h3-7,15-16,18H,8-14H2,1-2H3. The molecule has 1 N–H and O–H groups in total. The van der Waals surface area contributed by atoms with E-state index in [1.54, 1.807) is 0 Å². The molecule has 1 aromatic rings. The van der Waals surface area contributed by atoms with Gasteiger partial charge < -0.3 is 5.32 Å². The summed E-state index contributed by atoms with van der Waals surface area (Å²) in [6.07, 6.45) is 4.08. The van der Waals surface area contributed by atoms with Crippen LogP contribution in [0.1, 0.15) is 38.7 Å². The van der Waals surface area contributed by atoms with E-state index >= 15 is 0 Å². The third-order valence-electron chi connectivity index (χ3n) is 4.06. The highest BCUT2D eigenvalue weighted by Crippen LogP contribution is 2.21. The summed E-state index contributed by atoms with van der Waals surface area (Å²) in [7, 11) is 0. The summed E-state index contributed by atoms with van der Waals surface area (Å²) in [5.74, 6) is 0.929. The first-order valence-corrected chi connectivity index (χ1v) is 7.73. The van der Waals surface area contributed by atoms with Crippen molar-refractivity contribution in [2.24, 2.45) is 5.92 Å². The van der Waals surface area contributed by atoms with Gasteiger partial charge >= 0.3 is 0 Å². The van der Waals surface area contributed by atoms with Gasteiger partial charge in [0.15, 0.2) is 0 Å². The summed E-state index contributed by atoms with van der Waals surface area (Å²) in [5, 5.41) is 3.53. The Kier molecular flexibility index (Phi) is 5.87. The van der Waals surface area contributed by atoms with Gasteiger partial charge in [0.1, 0.15) is 0 Å². The molecular weight excluding hydrogens is 232 g/mol. The molecule has 19 heavy (non-hydrogen) atoms. The second-order valence-corrected chi connectivity index (χ2v) is 6.10. The monoisotopic (exact) mass is 260 g/mol. The average molecular weight is 260 g/mol. The van der Waals surface area contributed by atoms with E-state index < -0.39 is 0 Å². The van der Waals surface area contributed by atoms with Crippen LogP contribution in [0.5, 0.6) is 0 Å². The molecule has 0 unspecified atom stereocenters. The van der Waals surface area contributed by atoms with E-state index in [-0.39, 0.29) is 0 Å². The Bertz CT molecular complexity index is 340. The lowest BCUT2D eigenvalue weighted by atomic mass is 9.93. The van der Waals surface area contributed by atoms with Crippen LogP contribution in [0.4, 0.5) is 0 Å². The number of hydrogen-bond donors (Lipinski definition) is 1. The van der Waals surface area contributed by atoms with Crippen molar-refractivity contribution in [1.29, 1.82) is 0 Å². The van der Waals surface area contributed by atoms with Gasteiger partial charge in [0.2, 0.25) is 0 Å². The van der Waals surface area contributed by atoms with Gasteiger partial charge in [-0.05, 0) is 50.4 Å². The molecule has 2 heteroatoms. The minimum atomic E-state index is 0.623. The number of nitrogens with one attached hydrogen (secondary N) is 1. The van der Waals surface area contributed by atoms with Crippen molar-refractivity contribution >= 4 is 0 Å². The number of benzene rings is 1. The molecule has 0 saturated carbocycles. The number of rotatable bonds is 6. The Morgan fingerprint density at radius 3 is 2.47 bits per heavy atom. The van der Waals surface area contributed by atoms with Gasteiger partial charge in [0.25, 0.3) is 0 Å². The zero-order valence-corrected chi connectivity index (χ0v) is 12.4. The summed E-state index contributed by atoms with van der Waals surface area (Å²) < 4.78 is 0. The second-order valence-electron chi connectivity index (χ2n) is 6.10. The maximum absolute atomic E-state index is 3.53. The van der Waals surface area contributed by atoms with E-state index in [1.165, 1.54) is 44.5 Å². The fourth-order valence-electron chi connectivity index (χ4n) is 2.85. The highest BCUT2D eigenvalue weighted by atomic mass is 15.1. The largest absolute Gasteiger partial charge is 0.315 e. The van der Waals surface area contributed by atoms with Crippen LogP contribution in [0.2, 0.25) is 0 Å². The molecule has 0 spiro atoms. The third kappa shape index (κ3) is 5.33. The molecule has 0 bridgehead atoms. The van der Waals surface area contributed by atoms with Crippen LogP contribution >= 0.6 is 0 Å². The molecule has 1 aliphatic heterocycles. The summed E-state index contributed by atoms with van der Waals surface area (Å²) in [6, 6.07) is 11.5. The maximum atomic E-state index is 3.53. The molecule has 0 aliphatic carbocycles. The molecule has 0 aromatic heterocycles. The van der Waals surface area contributed by atoms with Crippen molar-refractivity contribution in [3.05, 3.63) is 35.9 Å². The van der Waals surface area contributed by atoms with E-state index in [2.05, 4.69) is 54.4 Å². The lowest BCUT2D eigenvalue weighted by Gasteiger charge is -2.32. The van der Waals surface area contributed by atoms with E-state index in [0.29, 0.717) is 6.04 Å². The Morgan fingerprint density at radius 2 is 1.84 bits per heavy atom. The molecule has 2 rings (SSSR count). The average Bonchev–Trinajstić information content (AvgIpc) is 2.42. The van der Waals surface area contributed by atoms with Crippen LogP contribution < -0.4 is 5.32 Å². The van der Waals surface area contributed by atoms with Crippen LogP contribution in [-0.4, -0.2) is 30.6 Å². The fourth-order valence-corrected chi connectivity index (χ4v) is 2.85. The lowest BCUT2D eigenvalue weighted by molar-refractivity contribution is 0.171. The SMILES string of the molecule is CC(C)NCCC1CCN(Cc2ccccc2)CC1. The molecule has 106 valence electrons. The molecule has 0 radical (unpaired) electrons. The molecule has 1 saturated heterocycles. The van der Waals surface area contributed by atoms with E-state index in [4.69, 9.17) is 0 Å². The van der Waals surface area contributed by atoms with Crippen LogP contribution in [0.3, 0.4) is 0 Å². The summed E-state index contributed by atoms with van der Waals surface area (Å²) in [5.41, 5.74) is 1.45. The first kappa shape index (κ1) is 14.5. The van der Waals surface area contributed by atoms with Crippen LogP contribution in [-0.2, 0) is 6.54 Å². The van der Waals surface area contributed by atoms with E-state index in [0.717, 1.165) is 12.5 Å². The first-order chi connectivity index (χ1) is 9.24. The molecule has 1 fully saturated rings. The molecular formula is C17H28N2. The highest BCUT2D eigenvalue weighted by molar-refractivity contribution is 5.14. The molecule has 1 aliphatic rings. The molecule has 0 atom stereocenters. The topological polar surface area (TPSA) is 15.3 Å². The Morgan fingerprint density at radius 1 is 1.16 bits per heavy atom. The fraction of sp³-hybridized carbons (Fsp3) is 0.647. The number of likely N-dealkylation sites (tertiary alicyclic amines) is 1. The Hall–Kier alpha value is -0.860. The van der Waals surface area contributed by atoms with Crippen LogP contribution in [0.15, 0.2) is 30.3 Å². The second kappa shape index (κ2) is 7.66. The van der Waals surface area contributed by atoms with Crippen molar-refractivity contribution in [2.45, 2.75) is 45.7 Å². The van der Waals surface area contributed by atoms with Crippen molar-refractivity contribution in [3.63, 3.8) is 0 Å². The van der Waals surface area contributed by atoms with Gasteiger partial charge in [-0.1, -0.05) is 44.2 Å². The molecule has 1 heterocycles. The van der Waals surface area contributed by atoms with Crippen LogP contribution in [0.25, 0.3) is 0 Å². The molecule has 0 amide bonds. The van der Waals surface area contributed by atoms with Gasteiger partial charge in [-0.15, -0.1) is 0 Å². The lowest BCUT2D eigenvalue weighted by Crippen LogP contribution is -2.34. The van der Waals surface area contributed by atoms with E-state index in [9.17, 15) is 0 Å². The van der Waals surface area contributed by atoms with Gasteiger partial charge in [0.05, 0.1) is 0 Å². The smallest absolute Gasteiger partial charge is 0.0233 e. The Labute approximate surface area is 118 Å². The summed E-state index contributed by atoms with van der Waals surface area (Å²) in [4.78, 5) is 2.60. The number of nitrogens with zero attached hydrogens (tertiary/aromatic N) is 1. The zero-order chi connectivity index (χ0) is 13.5. The number of hydrogen-bond acceptors (Lipinski definition) is 2. The van der Waals surface area contributed by atoms with Crippen LogP contribution in [0, 0.1) is 5.92 Å². The molecule has 2 nitrogen and oxygen atoms in total. The predicted molar refractivity (Wildman–Crippen MR) is 82.2 cm³/mol. The van der Waals surface area contributed by atoms with E-state index in [1.807, 2.05) is 0 Å². The van der Waals surface area contributed by atoms with Crippen molar-refractivity contribution < 1.29 is 0 Å². The first-order valence-electron chi connectivity index (χ1n) is 7.73. The van der Waals surface area contributed by atoms with Gasteiger partial charge in [-0.3, -0.25) is 4.90 Å². The van der Waals surface area contributed by atoms with Gasteiger partial charge in [-0.2, -0.15) is 0 Å². The number of piperidine rings is 1. The van der Waals surface area contributed by atoms with Gasteiger partial charge in [-0.25, -0.2) is 0 Å². The minimum Gasteiger partial charge on any atom is -0.315 e. The van der Waals surface area contributed by atoms with Gasteiger partial charge in [0, 0.05) is 12.6 Å². The van der Waals surface area contributed by atoms with Crippen molar-refractivity contribution in [1.82, 2.24) is 10.2 Å². The van der Waals surface area contributed by atoms with Crippen molar-refractivity contribution in [3.8, 4) is 0 Å². The summed E-state index contributed by atoms with van der Waals surface area (Å²) in [6.45, 7) is 9.28. The normalized spacial score (nSPS) is 18.1. The molecule has 1 aromatic carbocycles. The zero-order valence-electron chi connectivity index (χ0n) is 12.4. The summed E-state index contributed by atoms with van der Waals surface area (Å²) >= 11 is 0. The predicted octanol–water partition coefficient (Wildman–Crippen LogP) is 3.29. The Balaban J connectivity index is 1.65. The quantitative estimate of drug-likeness (QED) is 0.844. The highest BCUT2D eigenvalue weighted by Gasteiger charge is 2.18. The maximum Gasteiger partial charge on any atom is 0.0233 e. The van der Waals surface area contributed by atoms with Crippen molar-refractivity contribution in [2.75, 3.05) is 19.6 Å². The minimum absolute atomic E-state index is 0.623.